The number of likely N-dealkylation sites (N-methyl/N-ethyl adjacent to an activating group) is 1. The maximum Gasteiger partial charge on any atom is 0.123 e. The zero-order valence-electron chi connectivity index (χ0n) is 11.1. The lowest BCUT2D eigenvalue weighted by Gasteiger charge is -2.25. The van der Waals surface area contributed by atoms with Gasteiger partial charge in [-0.15, -0.1) is 0 Å². The molecule has 0 bridgehead atoms. The number of nitrogens with one attached hydrogen (secondary N) is 1. The first-order valence-corrected chi connectivity index (χ1v) is 6.69. The second-order valence-electron chi connectivity index (χ2n) is 4.72. The molecule has 4 heteroatoms. The van der Waals surface area contributed by atoms with Gasteiger partial charge in [-0.2, -0.15) is 0 Å². The molecule has 0 amide bonds. The van der Waals surface area contributed by atoms with Gasteiger partial charge in [0.2, 0.25) is 0 Å². The van der Waals surface area contributed by atoms with Crippen molar-refractivity contribution in [3.05, 3.63) is 28.8 Å². The number of benzene rings is 1. The summed E-state index contributed by atoms with van der Waals surface area (Å²) < 4.78 is 11.4. The summed E-state index contributed by atoms with van der Waals surface area (Å²) in [5.41, 5.74) is 1.06. The van der Waals surface area contributed by atoms with Crippen LogP contribution in [0.4, 0.5) is 0 Å². The molecule has 1 aliphatic rings. The predicted molar refractivity (Wildman–Crippen MR) is 73.4 cm³/mol. The number of rotatable bonds is 4. The Labute approximate surface area is 113 Å². The van der Waals surface area contributed by atoms with Gasteiger partial charge < -0.3 is 14.8 Å². The fourth-order valence-electron chi connectivity index (χ4n) is 2.57. The summed E-state index contributed by atoms with van der Waals surface area (Å²) in [6.07, 6.45) is 2.67. The van der Waals surface area contributed by atoms with E-state index >= 15 is 0 Å². The lowest BCUT2D eigenvalue weighted by Crippen LogP contribution is -2.30. The van der Waals surface area contributed by atoms with Crippen LogP contribution >= 0.6 is 11.6 Å². The Bertz CT molecular complexity index is 411. The molecular formula is C14H20ClNO2. The van der Waals surface area contributed by atoms with Crippen molar-refractivity contribution in [3.63, 3.8) is 0 Å². The van der Waals surface area contributed by atoms with Gasteiger partial charge in [0.25, 0.3) is 0 Å². The summed E-state index contributed by atoms with van der Waals surface area (Å²) >= 11 is 6.09. The summed E-state index contributed by atoms with van der Waals surface area (Å²) in [5.74, 6) is 0.849. The molecule has 1 saturated heterocycles. The molecule has 0 aromatic heterocycles. The molecule has 0 spiro atoms. The maximum absolute atomic E-state index is 6.09. The molecule has 1 fully saturated rings. The standard InChI is InChI=1S/C14H20ClNO2/c1-9-4-6-13(18-9)14(16-2)11-8-10(15)5-7-12(11)17-3/h5,7-9,13-14,16H,4,6H2,1-3H3. The van der Waals surface area contributed by atoms with Crippen LogP contribution in [0.3, 0.4) is 0 Å². The van der Waals surface area contributed by atoms with Gasteiger partial charge in [0.1, 0.15) is 5.75 Å². The molecule has 0 aliphatic carbocycles. The van der Waals surface area contributed by atoms with Crippen molar-refractivity contribution in [2.24, 2.45) is 0 Å². The predicted octanol–water partition coefficient (Wildman–Crippen LogP) is 3.18. The second-order valence-corrected chi connectivity index (χ2v) is 5.15. The fourth-order valence-corrected chi connectivity index (χ4v) is 2.75. The molecule has 1 aliphatic heterocycles. The first kappa shape index (κ1) is 13.7. The molecule has 100 valence electrons. The molecule has 3 atom stereocenters. The van der Waals surface area contributed by atoms with Gasteiger partial charge in [0, 0.05) is 10.6 Å². The van der Waals surface area contributed by atoms with Crippen molar-refractivity contribution in [2.45, 2.75) is 38.0 Å². The molecular weight excluding hydrogens is 250 g/mol. The van der Waals surface area contributed by atoms with Crippen molar-refractivity contribution in [2.75, 3.05) is 14.2 Å². The van der Waals surface area contributed by atoms with Crippen LogP contribution in [-0.2, 0) is 4.74 Å². The Hall–Kier alpha value is -0.770. The van der Waals surface area contributed by atoms with Crippen LogP contribution in [0, 0.1) is 0 Å². The molecule has 2 rings (SSSR count). The van der Waals surface area contributed by atoms with E-state index in [1.807, 2.05) is 25.2 Å². The van der Waals surface area contributed by atoms with Crippen LogP contribution in [0.5, 0.6) is 5.75 Å². The normalized spacial score (nSPS) is 25.1. The van der Waals surface area contributed by atoms with E-state index < -0.39 is 0 Å². The molecule has 1 aromatic rings. The van der Waals surface area contributed by atoms with Crippen LogP contribution in [-0.4, -0.2) is 26.4 Å². The maximum atomic E-state index is 6.09. The molecule has 3 nitrogen and oxygen atoms in total. The van der Waals surface area contributed by atoms with Crippen molar-refractivity contribution in [1.82, 2.24) is 5.32 Å². The average molecular weight is 270 g/mol. The van der Waals surface area contributed by atoms with Gasteiger partial charge >= 0.3 is 0 Å². The Morgan fingerprint density at radius 3 is 2.78 bits per heavy atom. The van der Waals surface area contributed by atoms with Gasteiger partial charge in [-0.05, 0) is 45.0 Å². The molecule has 1 heterocycles. The van der Waals surface area contributed by atoms with Gasteiger partial charge in [-0.1, -0.05) is 11.6 Å². The van der Waals surface area contributed by atoms with Crippen LogP contribution in [0.2, 0.25) is 5.02 Å². The zero-order valence-corrected chi connectivity index (χ0v) is 11.8. The molecule has 1 N–H and O–H groups in total. The third-order valence-electron chi connectivity index (χ3n) is 3.47. The molecule has 0 radical (unpaired) electrons. The third kappa shape index (κ3) is 2.79. The molecule has 18 heavy (non-hydrogen) atoms. The van der Waals surface area contributed by atoms with E-state index in [9.17, 15) is 0 Å². The van der Waals surface area contributed by atoms with E-state index in [0.717, 1.165) is 29.2 Å². The third-order valence-corrected chi connectivity index (χ3v) is 3.71. The Morgan fingerprint density at radius 1 is 1.44 bits per heavy atom. The largest absolute Gasteiger partial charge is 0.496 e. The monoisotopic (exact) mass is 269 g/mol. The van der Waals surface area contributed by atoms with Crippen LogP contribution < -0.4 is 10.1 Å². The van der Waals surface area contributed by atoms with Crippen molar-refractivity contribution < 1.29 is 9.47 Å². The number of hydrogen-bond acceptors (Lipinski definition) is 3. The van der Waals surface area contributed by atoms with Crippen molar-refractivity contribution in [3.8, 4) is 5.75 Å². The summed E-state index contributed by atoms with van der Waals surface area (Å²) in [7, 11) is 3.62. The highest BCUT2D eigenvalue weighted by Gasteiger charge is 2.31. The highest BCUT2D eigenvalue weighted by Crippen LogP contribution is 2.35. The highest BCUT2D eigenvalue weighted by atomic mass is 35.5. The second kappa shape index (κ2) is 5.91. The Balaban J connectivity index is 2.29. The minimum Gasteiger partial charge on any atom is -0.496 e. The number of halogens is 1. The minimum atomic E-state index is 0.114. The van der Waals surface area contributed by atoms with Crippen LogP contribution in [0.25, 0.3) is 0 Å². The first-order valence-electron chi connectivity index (χ1n) is 6.32. The van der Waals surface area contributed by atoms with Crippen molar-refractivity contribution in [1.29, 1.82) is 0 Å². The fraction of sp³-hybridized carbons (Fsp3) is 0.571. The van der Waals surface area contributed by atoms with E-state index in [1.165, 1.54) is 0 Å². The van der Waals surface area contributed by atoms with Crippen LogP contribution in [0.1, 0.15) is 31.4 Å². The number of ether oxygens (including phenoxy) is 2. The summed E-state index contributed by atoms with van der Waals surface area (Å²) in [5, 5.41) is 4.04. The zero-order chi connectivity index (χ0) is 13.1. The van der Waals surface area contributed by atoms with Gasteiger partial charge in [-0.3, -0.25) is 0 Å². The van der Waals surface area contributed by atoms with Gasteiger partial charge in [0.15, 0.2) is 0 Å². The lowest BCUT2D eigenvalue weighted by molar-refractivity contribution is 0.0328. The first-order chi connectivity index (χ1) is 8.65. The highest BCUT2D eigenvalue weighted by molar-refractivity contribution is 6.30. The van der Waals surface area contributed by atoms with E-state index in [2.05, 4.69) is 12.2 Å². The van der Waals surface area contributed by atoms with Gasteiger partial charge in [0.05, 0.1) is 25.4 Å². The van der Waals surface area contributed by atoms with Crippen LogP contribution in [0.15, 0.2) is 18.2 Å². The number of hydrogen-bond donors (Lipinski definition) is 1. The Morgan fingerprint density at radius 2 is 2.22 bits per heavy atom. The van der Waals surface area contributed by atoms with E-state index in [0.29, 0.717) is 6.10 Å². The molecule has 1 aromatic carbocycles. The average Bonchev–Trinajstić information content (AvgIpc) is 2.77. The summed E-state index contributed by atoms with van der Waals surface area (Å²) in [6.45, 7) is 2.11. The summed E-state index contributed by atoms with van der Waals surface area (Å²) in [6, 6.07) is 5.81. The topological polar surface area (TPSA) is 30.5 Å². The summed E-state index contributed by atoms with van der Waals surface area (Å²) in [4.78, 5) is 0. The minimum absolute atomic E-state index is 0.114. The number of methoxy groups -OCH3 is 1. The van der Waals surface area contributed by atoms with E-state index in [4.69, 9.17) is 21.1 Å². The lowest BCUT2D eigenvalue weighted by atomic mass is 9.98. The SMILES string of the molecule is CNC(c1cc(Cl)ccc1OC)C1CCC(C)O1. The van der Waals surface area contributed by atoms with E-state index in [-0.39, 0.29) is 12.1 Å². The smallest absolute Gasteiger partial charge is 0.123 e. The molecule has 3 unspecified atom stereocenters. The quantitative estimate of drug-likeness (QED) is 0.911. The van der Waals surface area contributed by atoms with E-state index in [1.54, 1.807) is 7.11 Å². The van der Waals surface area contributed by atoms with Crippen molar-refractivity contribution >= 4 is 11.6 Å². The van der Waals surface area contributed by atoms with Gasteiger partial charge in [-0.25, -0.2) is 0 Å². The molecule has 0 saturated carbocycles. The Kier molecular flexibility index (Phi) is 4.49.